The number of hydrogen-bond acceptors (Lipinski definition) is 0. The van der Waals surface area contributed by atoms with Crippen LogP contribution in [0, 0.1) is 6.92 Å². The van der Waals surface area contributed by atoms with E-state index in [4.69, 9.17) is 0 Å². The van der Waals surface area contributed by atoms with Crippen LogP contribution in [0.4, 0.5) is 0 Å². The van der Waals surface area contributed by atoms with E-state index in [-0.39, 0.29) is 0 Å². The van der Waals surface area contributed by atoms with Crippen LogP contribution in [0.25, 0.3) is 28.1 Å². The molecule has 0 saturated carbocycles. The van der Waals surface area contributed by atoms with Crippen LogP contribution in [0.5, 0.6) is 0 Å². The summed E-state index contributed by atoms with van der Waals surface area (Å²) in [4.78, 5) is 0. The number of rotatable bonds is 7. The smallest absolute Gasteiger partial charge is 0.0537 e. The number of nitrogens with zero attached hydrogens (tertiary/aromatic N) is 1. The minimum atomic E-state index is 1.08. The van der Waals surface area contributed by atoms with Crippen molar-refractivity contribution in [3.8, 4) is 28.1 Å². The Bertz CT molecular complexity index is 1040. The van der Waals surface area contributed by atoms with Crippen molar-refractivity contribution in [1.82, 2.24) is 4.57 Å². The van der Waals surface area contributed by atoms with Crippen molar-refractivity contribution in [1.29, 1.82) is 0 Å². The zero-order valence-corrected chi connectivity index (χ0v) is 17.4. The van der Waals surface area contributed by atoms with Crippen LogP contribution in [0.2, 0.25) is 0 Å². The monoisotopic (exact) mass is 379 g/mol. The maximum Gasteiger partial charge on any atom is 0.0537 e. The van der Waals surface area contributed by atoms with Gasteiger partial charge in [0.15, 0.2) is 0 Å². The number of aryl methyl sites for hydroxylation is 1. The van der Waals surface area contributed by atoms with Crippen LogP contribution in [-0.2, 0) is 6.42 Å². The maximum absolute atomic E-state index is 2.48. The summed E-state index contributed by atoms with van der Waals surface area (Å²) >= 11 is 0. The molecule has 0 aliphatic rings. The average molecular weight is 380 g/mol. The van der Waals surface area contributed by atoms with Crippen LogP contribution in [0.1, 0.15) is 37.4 Å². The molecule has 0 amide bonds. The normalized spacial score (nSPS) is 11.0. The van der Waals surface area contributed by atoms with Gasteiger partial charge in [-0.1, -0.05) is 98.1 Å². The molecule has 1 heterocycles. The topological polar surface area (TPSA) is 4.93 Å². The molecule has 1 aromatic heterocycles. The first-order chi connectivity index (χ1) is 14.3. The molecule has 0 atom stereocenters. The van der Waals surface area contributed by atoms with E-state index in [0.29, 0.717) is 0 Å². The van der Waals surface area contributed by atoms with Gasteiger partial charge in [0, 0.05) is 16.9 Å². The fourth-order valence-corrected chi connectivity index (χ4v) is 4.02. The van der Waals surface area contributed by atoms with E-state index in [1.54, 1.807) is 0 Å². The summed E-state index contributed by atoms with van der Waals surface area (Å²) in [6.07, 6.45) is 4.78. The van der Waals surface area contributed by atoms with E-state index < -0.39 is 0 Å². The molecule has 0 N–H and O–H groups in total. The zero-order valence-electron chi connectivity index (χ0n) is 17.4. The maximum atomic E-state index is 2.48. The van der Waals surface area contributed by atoms with E-state index >= 15 is 0 Å². The molecule has 3 aromatic carbocycles. The first kappa shape index (κ1) is 19.3. The van der Waals surface area contributed by atoms with Gasteiger partial charge in [0.25, 0.3) is 0 Å². The van der Waals surface area contributed by atoms with Gasteiger partial charge in [-0.2, -0.15) is 0 Å². The van der Waals surface area contributed by atoms with Gasteiger partial charge >= 0.3 is 0 Å². The van der Waals surface area contributed by atoms with E-state index in [2.05, 4.69) is 109 Å². The van der Waals surface area contributed by atoms with Crippen molar-refractivity contribution in [2.24, 2.45) is 0 Å². The summed E-state index contributed by atoms with van der Waals surface area (Å²) in [5, 5.41) is 0. The number of hydrogen-bond donors (Lipinski definition) is 0. The van der Waals surface area contributed by atoms with Crippen molar-refractivity contribution < 1.29 is 0 Å². The molecule has 1 heteroatoms. The Kier molecular flexibility index (Phi) is 5.95. The highest BCUT2D eigenvalue weighted by atomic mass is 15.0. The molecule has 0 spiro atoms. The van der Waals surface area contributed by atoms with Crippen molar-refractivity contribution in [2.75, 3.05) is 0 Å². The van der Waals surface area contributed by atoms with Crippen LogP contribution in [-0.4, -0.2) is 4.57 Å². The molecule has 0 unspecified atom stereocenters. The highest BCUT2D eigenvalue weighted by Crippen LogP contribution is 2.36. The predicted octanol–water partition coefficient (Wildman–Crippen LogP) is 7.85. The molecular weight excluding hydrogens is 350 g/mol. The van der Waals surface area contributed by atoms with Gasteiger partial charge < -0.3 is 4.57 Å². The quantitative estimate of drug-likeness (QED) is 0.288. The van der Waals surface area contributed by atoms with Crippen LogP contribution in [0.15, 0.2) is 91.0 Å². The second kappa shape index (κ2) is 8.96. The summed E-state index contributed by atoms with van der Waals surface area (Å²) in [5.41, 5.74) is 9.10. The van der Waals surface area contributed by atoms with E-state index in [0.717, 1.165) is 6.42 Å². The van der Waals surface area contributed by atoms with Gasteiger partial charge in [-0.05, 0) is 49.1 Å². The van der Waals surface area contributed by atoms with Crippen LogP contribution < -0.4 is 0 Å². The van der Waals surface area contributed by atoms with Gasteiger partial charge in [0.1, 0.15) is 0 Å². The van der Waals surface area contributed by atoms with Crippen molar-refractivity contribution in [2.45, 2.75) is 39.5 Å². The molecular formula is C28H29N. The highest BCUT2D eigenvalue weighted by Gasteiger charge is 2.18. The lowest BCUT2D eigenvalue weighted by Gasteiger charge is -2.15. The van der Waals surface area contributed by atoms with Crippen molar-refractivity contribution in [3.05, 3.63) is 102 Å². The number of unbranched alkanes of at least 4 members (excludes halogenated alkanes) is 2. The first-order valence-electron chi connectivity index (χ1n) is 10.7. The van der Waals surface area contributed by atoms with Crippen LogP contribution in [0.3, 0.4) is 0 Å². The molecule has 0 fully saturated rings. The Morgan fingerprint density at radius 3 is 1.93 bits per heavy atom. The third-order valence-corrected chi connectivity index (χ3v) is 5.57. The third kappa shape index (κ3) is 4.19. The minimum absolute atomic E-state index is 1.08. The van der Waals surface area contributed by atoms with Crippen molar-refractivity contribution >= 4 is 0 Å². The fraction of sp³-hybridized carbons (Fsp3) is 0.214. The Morgan fingerprint density at radius 2 is 1.31 bits per heavy atom. The molecule has 0 radical (unpaired) electrons. The average Bonchev–Trinajstić information content (AvgIpc) is 3.15. The van der Waals surface area contributed by atoms with Gasteiger partial charge in [0.2, 0.25) is 0 Å². The predicted molar refractivity (Wildman–Crippen MR) is 125 cm³/mol. The molecule has 29 heavy (non-hydrogen) atoms. The molecule has 0 bridgehead atoms. The van der Waals surface area contributed by atoms with E-state index in [1.807, 2.05) is 0 Å². The lowest BCUT2D eigenvalue weighted by atomic mass is 10.0. The molecule has 0 aliphatic heterocycles. The summed E-state index contributed by atoms with van der Waals surface area (Å²) in [5.74, 6) is 0. The fourth-order valence-electron chi connectivity index (χ4n) is 4.02. The summed E-state index contributed by atoms with van der Waals surface area (Å²) < 4.78 is 2.48. The highest BCUT2D eigenvalue weighted by molar-refractivity contribution is 5.77. The molecule has 1 nitrogen and oxygen atoms in total. The minimum Gasteiger partial charge on any atom is -0.313 e. The SMILES string of the molecule is CCCCCc1c(-c2ccccc2)cc(-c2ccccc2)n1-c1ccc(C)cc1. The molecule has 4 aromatic rings. The van der Waals surface area contributed by atoms with Gasteiger partial charge in [-0.25, -0.2) is 0 Å². The lowest BCUT2D eigenvalue weighted by molar-refractivity contribution is 0.700. The second-order valence-corrected chi connectivity index (χ2v) is 7.75. The lowest BCUT2D eigenvalue weighted by Crippen LogP contribution is -2.03. The summed E-state index contributed by atoms with van der Waals surface area (Å²) in [6.45, 7) is 4.42. The summed E-state index contributed by atoms with van der Waals surface area (Å²) in [6, 6.07) is 32.9. The van der Waals surface area contributed by atoms with Gasteiger partial charge in [0.05, 0.1) is 5.69 Å². The Hall–Kier alpha value is -3.06. The molecule has 0 saturated heterocycles. The first-order valence-corrected chi connectivity index (χ1v) is 10.7. The largest absolute Gasteiger partial charge is 0.313 e. The molecule has 4 rings (SSSR count). The van der Waals surface area contributed by atoms with E-state index in [1.165, 1.54) is 58.6 Å². The van der Waals surface area contributed by atoms with Gasteiger partial charge in [-0.15, -0.1) is 0 Å². The Morgan fingerprint density at radius 1 is 0.690 bits per heavy atom. The molecule has 146 valence electrons. The molecule has 0 aliphatic carbocycles. The standard InChI is InChI=1S/C28H29N/c1-3-4-7-16-27-26(23-12-8-5-9-13-23)21-28(24-14-10-6-11-15-24)29(27)25-19-17-22(2)18-20-25/h5-6,8-15,17-21H,3-4,7,16H2,1-2H3. The summed E-state index contributed by atoms with van der Waals surface area (Å²) in [7, 11) is 0. The van der Waals surface area contributed by atoms with Gasteiger partial charge in [-0.3, -0.25) is 0 Å². The number of benzene rings is 3. The van der Waals surface area contributed by atoms with Crippen LogP contribution >= 0.6 is 0 Å². The zero-order chi connectivity index (χ0) is 20.1. The Balaban J connectivity index is 1.95. The second-order valence-electron chi connectivity index (χ2n) is 7.75. The Labute approximate surface area is 174 Å². The number of aromatic nitrogens is 1. The van der Waals surface area contributed by atoms with E-state index in [9.17, 15) is 0 Å². The van der Waals surface area contributed by atoms with Crippen molar-refractivity contribution in [3.63, 3.8) is 0 Å². The third-order valence-electron chi connectivity index (χ3n) is 5.57.